The third-order valence-electron chi connectivity index (χ3n) is 2.49. The molecule has 1 amide bonds. The number of carbonyl (C=O) groups excluding carboxylic acids is 1. The van der Waals surface area contributed by atoms with Crippen LogP contribution >= 0.6 is 0 Å². The van der Waals surface area contributed by atoms with Crippen LogP contribution in [0.25, 0.3) is 0 Å². The fourth-order valence-electron chi connectivity index (χ4n) is 1.52. The van der Waals surface area contributed by atoms with Gasteiger partial charge in [-0.2, -0.15) is 13.2 Å². The van der Waals surface area contributed by atoms with Crippen molar-refractivity contribution in [1.29, 1.82) is 0 Å². The quantitative estimate of drug-likeness (QED) is 0.832. The van der Waals surface area contributed by atoms with E-state index in [2.05, 4.69) is 0 Å². The predicted molar refractivity (Wildman–Crippen MR) is 67.5 cm³/mol. The summed E-state index contributed by atoms with van der Waals surface area (Å²) >= 11 is 0. The zero-order valence-corrected chi connectivity index (χ0v) is 10.4. The maximum atomic E-state index is 13.5. The van der Waals surface area contributed by atoms with E-state index in [-0.39, 0.29) is 5.75 Å². The van der Waals surface area contributed by atoms with Crippen LogP contribution in [0.1, 0.15) is 5.56 Å². The van der Waals surface area contributed by atoms with E-state index >= 15 is 0 Å². The Kier molecular flexibility index (Phi) is 4.11. The Morgan fingerprint density at radius 2 is 1.71 bits per heavy atom. The number of para-hydroxylation sites is 1. The van der Waals surface area contributed by atoms with Gasteiger partial charge < -0.3 is 4.74 Å². The minimum atomic E-state index is -4.65. The Labute approximate surface area is 117 Å². The maximum absolute atomic E-state index is 13.5. The predicted octanol–water partition coefficient (Wildman–Crippen LogP) is 4.46. The molecular formula is C14H9F4NO2. The molecule has 0 bridgehead atoms. The van der Waals surface area contributed by atoms with E-state index < -0.39 is 29.3 Å². The molecule has 0 atom stereocenters. The summed E-state index contributed by atoms with van der Waals surface area (Å²) in [7, 11) is 0. The molecular weight excluding hydrogens is 290 g/mol. The van der Waals surface area contributed by atoms with Crippen LogP contribution in [-0.4, -0.2) is 6.09 Å². The smallest absolute Gasteiger partial charge is 0.410 e. The summed E-state index contributed by atoms with van der Waals surface area (Å²) in [5.74, 6) is -0.975. The van der Waals surface area contributed by atoms with Crippen LogP contribution in [0.2, 0.25) is 0 Å². The van der Waals surface area contributed by atoms with Gasteiger partial charge in [-0.15, -0.1) is 0 Å². The van der Waals surface area contributed by atoms with E-state index in [0.717, 1.165) is 6.07 Å². The van der Waals surface area contributed by atoms with Gasteiger partial charge in [0.25, 0.3) is 0 Å². The third-order valence-corrected chi connectivity index (χ3v) is 2.49. The first-order chi connectivity index (χ1) is 9.86. The second-order valence-corrected chi connectivity index (χ2v) is 4.02. The number of rotatable bonds is 2. The number of nitrogens with one attached hydrogen (secondary N) is 1. The summed E-state index contributed by atoms with van der Waals surface area (Å²) in [5, 5.41) is 2.03. The number of halogens is 4. The Morgan fingerprint density at radius 3 is 2.29 bits per heavy atom. The summed E-state index contributed by atoms with van der Waals surface area (Å²) in [6.45, 7) is 0. The first kappa shape index (κ1) is 14.8. The number of amides is 1. The van der Waals surface area contributed by atoms with Crippen LogP contribution in [0.15, 0.2) is 48.5 Å². The molecule has 2 rings (SSSR count). The van der Waals surface area contributed by atoms with Crippen LogP contribution < -0.4 is 10.1 Å². The van der Waals surface area contributed by atoms with Crippen molar-refractivity contribution >= 4 is 11.8 Å². The lowest BCUT2D eigenvalue weighted by molar-refractivity contribution is -0.137. The molecule has 2 aromatic carbocycles. The highest BCUT2D eigenvalue weighted by atomic mass is 19.4. The summed E-state index contributed by atoms with van der Waals surface area (Å²) in [5.41, 5.74) is -1.54. The van der Waals surface area contributed by atoms with Gasteiger partial charge in [0.1, 0.15) is 11.6 Å². The van der Waals surface area contributed by atoms with Crippen molar-refractivity contribution in [3.63, 3.8) is 0 Å². The molecule has 0 aromatic heterocycles. The van der Waals surface area contributed by atoms with Gasteiger partial charge >= 0.3 is 12.3 Å². The molecule has 0 radical (unpaired) electrons. The van der Waals surface area contributed by atoms with Crippen molar-refractivity contribution in [1.82, 2.24) is 0 Å². The number of anilines is 1. The van der Waals surface area contributed by atoms with Gasteiger partial charge in [0.15, 0.2) is 0 Å². The molecule has 0 saturated heterocycles. The summed E-state index contributed by atoms with van der Waals surface area (Å²) < 4.78 is 55.5. The van der Waals surface area contributed by atoms with Gasteiger partial charge in [-0.1, -0.05) is 18.2 Å². The normalized spacial score (nSPS) is 11.0. The van der Waals surface area contributed by atoms with Crippen LogP contribution in [0.5, 0.6) is 5.75 Å². The van der Waals surface area contributed by atoms with E-state index in [0.29, 0.717) is 12.1 Å². The van der Waals surface area contributed by atoms with Crippen molar-refractivity contribution < 1.29 is 27.1 Å². The molecule has 0 aliphatic rings. The lowest BCUT2D eigenvalue weighted by Crippen LogP contribution is -2.18. The Hall–Kier alpha value is -2.57. The minimum absolute atomic E-state index is 0.224. The van der Waals surface area contributed by atoms with Crippen molar-refractivity contribution in [3.8, 4) is 5.75 Å². The molecule has 0 spiro atoms. The molecule has 0 saturated carbocycles. The molecule has 7 heteroatoms. The van der Waals surface area contributed by atoms with Gasteiger partial charge in [-0.05, 0) is 30.3 Å². The fourth-order valence-corrected chi connectivity index (χ4v) is 1.52. The molecule has 21 heavy (non-hydrogen) atoms. The zero-order chi connectivity index (χ0) is 15.5. The standard InChI is InChI=1S/C14H9F4NO2/c15-11-8-9(14(16,17)18)6-7-12(11)19-13(20)21-10-4-2-1-3-5-10/h1-8H,(H,19,20). The topological polar surface area (TPSA) is 38.3 Å². The van der Waals surface area contributed by atoms with Crippen LogP contribution in [0.4, 0.5) is 28.0 Å². The Balaban J connectivity index is 2.08. The average Bonchev–Trinajstić information content (AvgIpc) is 2.41. The van der Waals surface area contributed by atoms with E-state index in [9.17, 15) is 22.4 Å². The van der Waals surface area contributed by atoms with Gasteiger partial charge in [-0.25, -0.2) is 9.18 Å². The zero-order valence-electron chi connectivity index (χ0n) is 10.4. The second kappa shape index (κ2) is 5.82. The monoisotopic (exact) mass is 299 g/mol. The van der Waals surface area contributed by atoms with Crippen LogP contribution in [0.3, 0.4) is 0 Å². The number of benzene rings is 2. The SMILES string of the molecule is O=C(Nc1ccc(C(F)(F)F)cc1F)Oc1ccccc1. The summed E-state index contributed by atoms with van der Waals surface area (Å²) in [4.78, 5) is 11.5. The molecule has 1 N–H and O–H groups in total. The highest BCUT2D eigenvalue weighted by molar-refractivity contribution is 5.86. The fraction of sp³-hybridized carbons (Fsp3) is 0.0714. The number of hydrogen-bond donors (Lipinski definition) is 1. The van der Waals surface area contributed by atoms with Crippen LogP contribution in [-0.2, 0) is 6.18 Å². The third kappa shape index (κ3) is 3.95. The number of hydrogen-bond acceptors (Lipinski definition) is 2. The van der Waals surface area contributed by atoms with Crippen LogP contribution in [0, 0.1) is 5.82 Å². The number of carbonyl (C=O) groups is 1. The van der Waals surface area contributed by atoms with Crippen molar-refractivity contribution in [3.05, 3.63) is 59.9 Å². The van der Waals surface area contributed by atoms with E-state index in [1.807, 2.05) is 5.32 Å². The molecule has 0 fully saturated rings. The number of ether oxygens (including phenoxy) is 1. The Morgan fingerprint density at radius 1 is 1.05 bits per heavy atom. The first-order valence-corrected chi connectivity index (χ1v) is 5.77. The van der Waals surface area contributed by atoms with Gasteiger partial charge in [0.2, 0.25) is 0 Å². The lowest BCUT2D eigenvalue weighted by atomic mass is 10.2. The molecule has 2 aromatic rings. The van der Waals surface area contributed by atoms with E-state index in [1.54, 1.807) is 18.2 Å². The van der Waals surface area contributed by atoms with Crippen molar-refractivity contribution in [2.45, 2.75) is 6.18 Å². The summed E-state index contributed by atoms with van der Waals surface area (Å²) in [6, 6.07) is 9.76. The van der Waals surface area contributed by atoms with E-state index in [4.69, 9.17) is 4.74 Å². The molecule has 0 heterocycles. The van der Waals surface area contributed by atoms with Gasteiger partial charge in [-0.3, -0.25) is 5.32 Å². The number of alkyl halides is 3. The highest BCUT2D eigenvalue weighted by Crippen LogP contribution is 2.31. The minimum Gasteiger partial charge on any atom is -0.410 e. The molecule has 3 nitrogen and oxygen atoms in total. The van der Waals surface area contributed by atoms with Crippen molar-refractivity contribution in [2.24, 2.45) is 0 Å². The largest absolute Gasteiger partial charge is 0.417 e. The first-order valence-electron chi connectivity index (χ1n) is 5.77. The Bertz CT molecular complexity index is 641. The molecule has 110 valence electrons. The average molecular weight is 299 g/mol. The van der Waals surface area contributed by atoms with E-state index in [1.165, 1.54) is 12.1 Å². The highest BCUT2D eigenvalue weighted by Gasteiger charge is 2.31. The summed E-state index contributed by atoms with van der Waals surface area (Å²) in [6.07, 6.45) is -5.65. The van der Waals surface area contributed by atoms with Gasteiger partial charge in [0.05, 0.1) is 11.3 Å². The maximum Gasteiger partial charge on any atom is 0.417 e. The van der Waals surface area contributed by atoms with Gasteiger partial charge in [0, 0.05) is 0 Å². The molecule has 0 aliphatic carbocycles. The molecule has 0 aliphatic heterocycles. The molecule has 0 unspecified atom stereocenters. The van der Waals surface area contributed by atoms with Crippen molar-refractivity contribution in [2.75, 3.05) is 5.32 Å². The lowest BCUT2D eigenvalue weighted by Gasteiger charge is -2.10. The second-order valence-electron chi connectivity index (χ2n) is 4.02.